The minimum atomic E-state index is -0.515. The monoisotopic (exact) mass is 273 g/mol. The molecule has 0 spiro atoms. The first-order valence-corrected chi connectivity index (χ1v) is 5.57. The van der Waals surface area contributed by atoms with Gasteiger partial charge in [-0.05, 0) is 39.4 Å². The molecule has 3 N–H and O–H groups in total. The smallest absolute Gasteiger partial charge is 0.413 e. The fraction of sp³-hybridized carbons (Fsp3) is 0.500. The Kier molecular flexibility index (Phi) is 6.65. The first-order chi connectivity index (χ1) is 7.90. The van der Waals surface area contributed by atoms with E-state index in [2.05, 4.69) is 10.3 Å². The summed E-state index contributed by atoms with van der Waals surface area (Å²) in [7, 11) is 0. The lowest BCUT2D eigenvalue weighted by Crippen LogP contribution is -2.27. The molecule has 0 aromatic carbocycles. The van der Waals surface area contributed by atoms with E-state index in [1.54, 1.807) is 6.07 Å². The number of carbonyl (C=O) groups excluding carboxylic acids is 1. The van der Waals surface area contributed by atoms with Crippen LogP contribution in [0.25, 0.3) is 0 Å². The van der Waals surface area contributed by atoms with Crippen LogP contribution in [-0.4, -0.2) is 23.2 Å². The summed E-state index contributed by atoms with van der Waals surface area (Å²) in [5, 5.41) is 2.58. The number of nitrogens with one attached hydrogen (secondary N) is 1. The van der Waals surface area contributed by atoms with Gasteiger partial charge in [-0.1, -0.05) is 6.07 Å². The topological polar surface area (TPSA) is 77.2 Å². The first kappa shape index (κ1) is 16.7. The molecule has 1 aromatic heterocycles. The number of amides is 1. The van der Waals surface area contributed by atoms with Gasteiger partial charge in [0.25, 0.3) is 0 Å². The minimum Gasteiger partial charge on any atom is -0.444 e. The third-order valence-corrected chi connectivity index (χ3v) is 1.84. The molecule has 1 amide bonds. The molecule has 0 fully saturated rings. The van der Waals surface area contributed by atoms with Crippen LogP contribution in [0.3, 0.4) is 0 Å². The number of hydrogen-bond acceptors (Lipinski definition) is 4. The lowest BCUT2D eigenvalue weighted by Gasteiger charge is -2.19. The summed E-state index contributed by atoms with van der Waals surface area (Å²) in [5.74, 6) is 0.477. The highest BCUT2D eigenvalue weighted by Gasteiger charge is 2.16. The summed E-state index contributed by atoms with van der Waals surface area (Å²) in [4.78, 5) is 15.7. The summed E-state index contributed by atoms with van der Waals surface area (Å²) in [6.07, 6.45) is 0.180. The molecule has 0 aliphatic rings. The molecule has 18 heavy (non-hydrogen) atoms. The largest absolute Gasteiger partial charge is 0.444 e. The average molecular weight is 274 g/mol. The van der Waals surface area contributed by atoms with Crippen LogP contribution in [0.1, 0.15) is 26.5 Å². The van der Waals surface area contributed by atoms with Gasteiger partial charge in [0.15, 0.2) is 0 Å². The molecular formula is C12H20ClN3O2. The normalized spacial score (nSPS) is 10.4. The van der Waals surface area contributed by atoms with Crippen molar-refractivity contribution in [1.82, 2.24) is 4.98 Å². The van der Waals surface area contributed by atoms with Crippen molar-refractivity contribution in [1.29, 1.82) is 0 Å². The number of anilines is 1. The Hall–Kier alpha value is -1.33. The van der Waals surface area contributed by atoms with Gasteiger partial charge in [-0.2, -0.15) is 0 Å². The zero-order valence-electron chi connectivity index (χ0n) is 10.9. The van der Waals surface area contributed by atoms with Gasteiger partial charge in [-0.15, -0.1) is 12.4 Å². The summed E-state index contributed by atoms with van der Waals surface area (Å²) in [6.45, 7) is 5.96. The van der Waals surface area contributed by atoms with E-state index in [4.69, 9.17) is 10.5 Å². The van der Waals surface area contributed by atoms with Gasteiger partial charge < -0.3 is 10.5 Å². The van der Waals surface area contributed by atoms with Crippen molar-refractivity contribution >= 4 is 24.3 Å². The van der Waals surface area contributed by atoms with Crippen LogP contribution in [0, 0.1) is 0 Å². The second-order valence-electron chi connectivity index (χ2n) is 4.68. The molecule has 0 unspecified atom stereocenters. The maximum Gasteiger partial charge on any atom is 0.413 e. The molecule has 0 saturated carbocycles. The predicted octanol–water partition coefficient (Wildman–Crippen LogP) is 2.35. The number of pyridine rings is 1. The van der Waals surface area contributed by atoms with Crippen molar-refractivity contribution in [3.05, 3.63) is 23.9 Å². The Labute approximate surface area is 114 Å². The average Bonchev–Trinajstić information content (AvgIpc) is 2.15. The number of halogens is 1. The van der Waals surface area contributed by atoms with E-state index in [9.17, 15) is 4.79 Å². The highest BCUT2D eigenvalue weighted by molar-refractivity contribution is 5.85. The zero-order valence-corrected chi connectivity index (χ0v) is 11.7. The van der Waals surface area contributed by atoms with E-state index in [0.29, 0.717) is 18.8 Å². The molecule has 1 rings (SSSR count). The molecule has 0 radical (unpaired) electrons. The SMILES string of the molecule is CC(C)(C)OC(=O)Nc1cccc(CCN)n1.Cl. The van der Waals surface area contributed by atoms with Gasteiger partial charge in [0.1, 0.15) is 11.4 Å². The second kappa shape index (κ2) is 7.18. The van der Waals surface area contributed by atoms with Gasteiger partial charge in [-0.25, -0.2) is 9.78 Å². The van der Waals surface area contributed by atoms with Crippen LogP contribution < -0.4 is 11.1 Å². The third-order valence-electron chi connectivity index (χ3n) is 1.84. The predicted molar refractivity (Wildman–Crippen MR) is 74.1 cm³/mol. The van der Waals surface area contributed by atoms with Crippen LogP contribution >= 0.6 is 12.4 Å². The maximum atomic E-state index is 11.5. The molecule has 102 valence electrons. The molecule has 0 atom stereocenters. The van der Waals surface area contributed by atoms with Gasteiger partial charge in [0.05, 0.1) is 0 Å². The van der Waals surface area contributed by atoms with Crippen LogP contribution in [-0.2, 0) is 11.2 Å². The second-order valence-corrected chi connectivity index (χ2v) is 4.68. The van der Waals surface area contributed by atoms with Crippen LogP contribution in [0.5, 0.6) is 0 Å². The molecule has 1 aromatic rings. The van der Waals surface area contributed by atoms with Gasteiger partial charge in [0, 0.05) is 12.1 Å². The highest BCUT2D eigenvalue weighted by Crippen LogP contribution is 2.10. The summed E-state index contributed by atoms with van der Waals surface area (Å²) >= 11 is 0. The van der Waals surface area contributed by atoms with Crippen molar-refractivity contribution < 1.29 is 9.53 Å². The van der Waals surface area contributed by atoms with E-state index < -0.39 is 11.7 Å². The summed E-state index contributed by atoms with van der Waals surface area (Å²) in [6, 6.07) is 5.40. The fourth-order valence-corrected chi connectivity index (χ4v) is 1.24. The fourth-order valence-electron chi connectivity index (χ4n) is 1.24. The molecule has 5 nitrogen and oxygen atoms in total. The summed E-state index contributed by atoms with van der Waals surface area (Å²) < 4.78 is 5.13. The summed E-state index contributed by atoms with van der Waals surface area (Å²) in [5.41, 5.74) is 5.78. The van der Waals surface area contributed by atoms with Crippen molar-refractivity contribution in [2.45, 2.75) is 32.8 Å². The van der Waals surface area contributed by atoms with Gasteiger partial charge >= 0.3 is 6.09 Å². The quantitative estimate of drug-likeness (QED) is 0.886. The van der Waals surface area contributed by atoms with Crippen molar-refractivity contribution in [3.63, 3.8) is 0 Å². The molecule has 0 aliphatic heterocycles. The molecule has 0 saturated heterocycles. The highest BCUT2D eigenvalue weighted by atomic mass is 35.5. The van der Waals surface area contributed by atoms with Crippen molar-refractivity contribution in [3.8, 4) is 0 Å². The van der Waals surface area contributed by atoms with E-state index in [1.807, 2.05) is 32.9 Å². The number of hydrogen-bond donors (Lipinski definition) is 2. The van der Waals surface area contributed by atoms with Crippen LogP contribution in [0.2, 0.25) is 0 Å². The maximum absolute atomic E-state index is 11.5. The lowest BCUT2D eigenvalue weighted by molar-refractivity contribution is 0.0635. The Morgan fingerprint density at radius 3 is 2.67 bits per heavy atom. The molecule has 0 aliphatic carbocycles. The van der Waals surface area contributed by atoms with Crippen LogP contribution in [0.15, 0.2) is 18.2 Å². The molecular weight excluding hydrogens is 254 g/mol. The third kappa shape index (κ3) is 6.42. The minimum absolute atomic E-state index is 0. The number of rotatable bonds is 3. The molecule has 0 bridgehead atoms. The zero-order chi connectivity index (χ0) is 12.9. The molecule has 6 heteroatoms. The lowest BCUT2D eigenvalue weighted by atomic mass is 10.2. The van der Waals surface area contributed by atoms with E-state index in [-0.39, 0.29) is 12.4 Å². The number of aromatic nitrogens is 1. The van der Waals surface area contributed by atoms with Gasteiger partial charge in [-0.3, -0.25) is 5.32 Å². The van der Waals surface area contributed by atoms with Crippen LogP contribution in [0.4, 0.5) is 10.6 Å². The van der Waals surface area contributed by atoms with Gasteiger partial charge in [0.2, 0.25) is 0 Å². The number of carbonyl (C=O) groups is 1. The van der Waals surface area contributed by atoms with Crippen molar-refractivity contribution in [2.75, 3.05) is 11.9 Å². The Balaban J connectivity index is 0.00000289. The van der Waals surface area contributed by atoms with Crippen molar-refractivity contribution in [2.24, 2.45) is 5.73 Å². The standard InChI is InChI=1S/C12H19N3O2.ClH/c1-12(2,3)17-11(16)15-10-6-4-5-9(14-10)7-8-13;/h4-6H,7-8,13H2,1-3H3,(H,14,15,16);1H. The number of nitrogens with two attached hydrogens (primary N) is 1. The Morgan fingerprint density at radius 2 is 2.11 bits per heavy atom. The van der Waals surface area contributed by atoms with E-state index in [0.717, 1.165) is 5.69 Å². The number of ether oxygens (including phenoxy) is 1. The first-order valence-electron chi connectivity index (χ1n) is 5.57. The molecule has 1 heterocycles. The Morgan fingerprint density at radius 1 is 1.44 bits per heavy atom. The van der Waals surface area contributed by atoms with E-state index >= 15 is 0 Å². The van der Waals surface area contributed by atoms with E-state index in [1.165, 1.54) is 0 Å². The Bertz CT molecular complexity index is 391. The number of nitrogens with zero attached hydrogens (tertiary/aromatic N) is 1.